The molecule has 1 amide bonds. The number of hydrogen-bond acceptors (Lipinski definition) is 1. The van der Waals surface area contributed by atoms with Crippen LogP contribution in [0.25, 0.3) is 0 Å². The second kappa shape index (κ2) is 5.61. The van der Waals surface area contributed by atoms with Crippen LogP contribution in [0, 0.1) is 18.6 Å². The molecule has 0 aliphatic rings. The molecule has 0 unspecified atom stereocenters. The lowest BCUT2D eigenvalue weighted by molar-refractivity contribution is 0.0950. The van der Waals surface area contributed by atoms with Crippen LogP contribution >= 0.6 is 0 Å². The van der Waals surface area contributed by atoms with Gasteiger partial charge in [0.2, 0.25) is 0 Å². The minimum atomic E-state index is -1.02. The Bertz CT molecular complexity index is 611. The fourth-order valence-electron chi connectivity index (χ4n) is 1.74. The average molecular weight is 261 g/mol. The van der Waals surface area contributed by atoms with Crippen LogP contribution in [-0.4, -0.2) is 5.91 Å². The maximum atomic E-state index is 13.0. The quantitative estimate of drug-likeness (QED) is 0.903. The van der Waals surface area contributed by atoms with E-state index in [-0.39, 0.29) is 5.56 Å². The molecular formula is C15H13F2NO. The van der Waals surface area contributed by atoms with Gasteiger partial charge in [-0.05, 0) is 30.7 Å². The molecule has 4 heteroatoms. The molecule has 0 aliphatic carbocycles. The Morgan fingerprint density at radius 3 is 2.58 bits per heavy atom. The molecule has 0 aliphatic heterocycles. The second-order valence-electron chi connectivity index (χ2n) is 4.30. The highest BCUT2D eigenvalue weighted by Gasteiger charge is 2.09. The molecule has 0 aromatic heterocycles. The van der Waals surface area contributed by atoms with E-state index in [1.54, 1.807) is 0 Å². The summed E-state index contributed by atoms with van der Waals surface area (Å²) >= 11 is 0. The number of halogens is 2. The van der Waals surface area contributed by atoms with Gasteiger partial charge in [-0.3, -0.25) is 4.79 Å². The van der Waals surface area contributed by atoms with E-state index in [9.17, 15) is 13.6 Å². The molecule has 0 atom stereocenters. The molecule has 19 heavy (non-hydrogen) atoms. The lowest BCUT2D eigenvalue weighted by Gasteiger charge is -2.06. The molecule has 2 nitrogen and oxygen atoms in total. The molecule has 0 fully saturated rings. The molecule has 0 bridgehead atoms. The highest BCUT2D eigenvalue weighted by Crippen LogP contribution is 2.09. The summed E-state index contributed by atoms with van der Waals surface area (Å²) in [6, 6.07) is 10.8. The third-order valence-corrected chi connectivity index (χ3v) is 2.72. The van der Waals surface area contributed by atoms with E-state index < -0.39 is 17.5 Å². The topological polar surface area (TPSA) is 29.1 Å². The van der Waals surface area contributed by atoms with Crippen molar-refractivity contribution in [2.45, 2.75) is 13.5 Å². The predicted molar refractivity (Wildman–Crippen MR) is 68.7 cm³/mol. The Morgan fingerprint density at radius 2 is 1.89 bits per heavy atom. The summed E-state index contributed by atoms with van der Waals surface area (Å²) < 4.78 is 25.8. The van der Waals surface area contributed by atoms with Gasteiger partial charge in [-0.25, -0.2) is 8.78 Å². The van der Waals surface area contributed by atoms with Crippen LogP contribution in [0.4, 0.5) is 8.78 Å². The molecule has 98 valence electrons. The van der Waals surface area contributed by atoms with E-state index in [4.69, 9.17) is 0 Å². The molecule has 0 heterocycles. The summed E-state index contributed by atoms with van der Waals surface area (Å²) in [7, 11) is 0. The largest absolute Gasteiger partial charge is 0.348 e. The first-order valence-corrected chi connectivity index (χ1v) is 5.85. The number of carbonyl (C=O) groups excluding carboxylic acids is 1. The first-order chi connectivity index (χ1) is 9.06. The van der Waals surface area contributed by atoms with Crippen LogP contribution < -0.4 is 5.32 Å². The van der Waals surface area contributed by atoms with Crippen molar-refractivity contribution in [1.29, 1.82) is 0 Å². The zero-order chi connectivity index (χ0) is 13.8. The number of rotatable bonds is 3. The van der Waals surface area contributed by atoms with Crippen LogP contribution in [0.3, 0.4) is 0 Å². The van der Waals surface area contributed by atoms with Gasteiger partial charge in [0.15, 0.2) is 11.6 Å². The van der Waals surface area contributed by atoms with Gasteiger partial charge >= 0.3 is 0 Å². The van der Waals surface area contributed by atoms with E-state index in [0.29, 0.717) is 6.54 Å². The van der Waals surface area contributed by atoms with Crippen LogP contribution in [0.15, 0.2) is 42.5 Å². The van der Waals surface area contributed by atoms with Crippen LogP contribution in [0.2, 0.25) is 0 Å². The van der Waals surface area contributed by atoms with Crippen LogP contribution in [0.1, 0.15) is 21.5 Å². The van der Waals surface area contributed by atoms with Gasteiger partial charge in [-0.1, -0.05) is 29.8 Å². The molecule has 0 saturated carbocycles. The Morgan fingerprint density at radius 1 is 1.11 bits per heavy atom. The lowest BCUT2D eigenvalue weighted by atomic mass is 10.1. The van der Waals surface area contributed by atoms with Gasteiger partial charge in [0.1, 0.15) is 0 Å². The number of carbonyl (C=O) groups is 1. The van der Waals surface area contributed by atoms with E-state index in [0.717, 1.165) is 23.3 Å². The Hall–Kier alpha value is -2.23. The fraction of sp³-hybridized carbons (Fsp3) is 0.133. The van der Waals surface area contributed by atoms with Crippen molar-refractivity contribution in [3.8, 4) is 0 Å². The Kier molecular flexibility index (Phi) is 3.90. The molecule has 0 saturated heterocycles. The number of hydrogen-bond donors (Lipinski definition) is 1. The second-order valence-corrected chi connectivity index (χ2v) is 4.30. The zero-order valence-electron chi connectivity index (χ0n) is 10.4. The standard InChI is InChI=1S/C15H13F2NO/c1-10-3-2-4-11(7-10)9-18-15(19)12-5-6-13(16)14(17)8-12/h2-8H,9H2,1H3,(H,18,19). The fourth-order valence-corrected chi connectivity index (χ4v) is 1.74. The van der Waals surface area contributed by atoms with Gasteiger partial charge in [0.25, 0.3) is 5.91 Å². The minimum Gasteiger partial charge on any atom is -0.348 e. The van der Waals surface area contributed by atoms with Crippen molar-refractivity contribution in [2.75, 3.05) is 0 Å². The van der Waals surface area contributed by atoms with Crippen molar-refractivity contribution in [1.82, 2.24) is 5.32 Å². The van der Waals surface area contributed by atoms with E-state index in [1.807, 2.05) is 31.2 Å². The van der Waals surface area contributed by atoms with Gasteiger partial charge in [-0.2, -0.15) is 0 Å². The zero-order valence-corrected chi connectivity index (χ0v) is 10.4. The van der Waals surface area contributed by atoms with Crippen molar-refractivity contribution in [3.63, 3.8) is 0 Å². The summed E-state index contributed by atoms with van der Waals surface area (Å²) in [6.07, 6.45) is 0. The van der Waals surface area contributed by atoms with Gasteiger partial charge in [0.05, 0.1) is 0 Å². The lowest BCUT2D eigenvalue weighted by Crippen LogP contribution is -2.23. The first kappa shape index (κ1) is 13.2. The first-order valence-electron chi connectivity index (χ1n) is 5.85. The normalized spacial score (nSPS) is 10.3. The number of aryl methyl sites for hydroxylation is 1. The Balaban J connectivity index is 2.03. The number of nitrogens with one attached hydrogen (secondary N) is 1. The third kappa shape index (κ3) is 3.37. The smallest absolute Gasteiger partial charge is 0.251 e. The van der Waals surface area contributed by atoms with E-state index >= 15 is 0 Å². The van der Waals surface area contributed by atoms with Gasteiger partial charge in [0, 0.05) is 12.1 Å². The molecule has 1 N–H and O–H groups in total. The monoisotopic (exact) mass is 261 g/mol. The maximum absolute atomic E-state index is 13.0. The average Bonchev–Trinajstić information content (AvgIpc) is 2.39. The SMILES string of the molecule is Cc1cccc(CNC(=O)c2ccc(F)c(F)c2)c1. The molecule has 2 aromatic rings. The van der Waals surface area contributed by atoms with Crippen LogP contribution in [-0.2, 0) is 6.54 Å². The molecular weight excluding hydrogens is 248 g/mol. The summed E-state index contributed by atoms with van der Waals surface area (Å²) in [4.78, 5) is 11.8. The van der Waals surface area contributed by atoms with Crippen molar-refractivity contribution >= 4 is 5.91 Å². The summed E-state index contributed by atoms with van der Waals surface area (Å²) in [5.41, 5.74) is 2.15. The summed E-state index contributed by atoms with van der Waals surface area (Å²) in [5, 5.41) is 2.66. The van der Waals surface area contributed by atoms with E-state index in [1.165, 1.54) is 6.07 Å². The van der Waals surface area contributed by atoms with Gasteiger partial charge in [-0.15, -0.1) is 0 Å². The molecule has 0 spiro atoms. The van der Waals surface area contributed by atoms with Gasteiger partial charge < -0.3 is 5.32 Å². The predicted octanol–water partition coefficient (Wildman–Crippen LogP) is 3.20. The summed E-state index contributed by atoms with van der Waals surface area (Å²) in [5.74, 6) is -2.42. The third-order valence-electron chi connectivity index (χ3n) is 2.72. The summed E-state index contributed by atoms with van der Waals surface area (Å²) in [6.45, 7) is 2.31. The highest BCUT2D eigenvalue weighted by atomic mass is 19.2. The minimum absolute atomic E-state index is 0.103. The van der Waals surface area contributed by atoms with Crippen molar-refractivity contribution < 1.29 is 13.6 Å². The molecule has 0 radical (unpaired) electrons. The highest BCUT2D eigenvalue weighted by molar-refractivity contribution is 5.94. The number of benzene rings is 2. The van der Waals surface area contributed by atoms with E-state index in [2.05, 4.69) is 5.32 Å². The molecule has 2 aromatic carbocycles. The maximum Gasteiger partial charge on any atom is 0.251 e. The van der Waals surface area contributed by atoms with Crippen molar-refractivity contribution in [3.05, 3.63) is 70.8 Å². The molecule has 2 rings (SSSR count). The number of amides is 1. The Labute approximate surface area is 110 Å². The van der Waals surface area contributed by atoms with Crippen LogP contribution in [0.5, 0.6) is 0 Å². The van der Waals surface area contributed by atoms with Crippen molar-refractivity contribution in [2.24, 2.45) is 0 Å².